The molecular weight excluding hydrogens is 442 g/mol. The second kappa shape index (κ2) is 11.4. The van der Waals surface area contributed by atoms with Gasteiger partial charge in [0.05, 0.1) is 38.4 Å². The van der Waals surface area contributed by atoms with Crippen LogP contribution in [-0.4, -0.2) is 37.8 Å². The molecule has 1 saturated carbocycles. The number of hydrogen-bond donors (Lipinski definition) is 1. The second-order valence-corrected chi connectivity index (χ2v) is 9.26. The molecule has 5 atom stereocenters. The monoisotopic (exact) mass is 475 g/mol. The van der Waals surface area contributed by atoms with Crippen LogP contribution < -0.4 is 5.48 Å². The Balaban J connectivity index is 1.29. The second-order valence-electron chi connectivity index (χ2n) is 9.26. The zero-order valence-electron chi connectivity index (χ0n) is 20.0. The van der Waals surface area contributed by atoms with Gasteiger partial charge in [-0.25, -0.2) is 0 Å². The molecule has 6 heteroatoms. The Labute approximate surface area is 207 Å². The van der Waals surface area contributed by atoms with Crippen molar-refractivity contribution >= 4 is 0 Å². The first-order valence-electron chi connectivity index (χ1n) is 12.2. The molecule has 1 aliphatic heterocycles. The van der Waals surface area contributed by atoms with Gasteiger partial charge in [-0.05, 0) is 23.1 Å². The van der Waals surface area contributed by atoms with Crippen molar-refractivity contribution in [2.75, 3.05) is 13.7 Å². The van der Waals surface area contributed by atoms with Crippen LogP contribution in [-0.2, 0) is 43.6 Å². The number of rotatable bonds is 12. The highest BCUT2D eigenvalue weighted by Crippen LogP contribution is 2.50. The Morgan fingerprint density at radius 3 is 1.97 bits per heavy atom. The summed E-state index contributed by atoms with van der Waals surface area (Å²) in [6, 6.07) is 30.5. The van der Waals surface area contributed by atoms with Gasteiger partial charge in [-0.2, -0.15) is 5.48 Å². The smallest absolute Gasteiger partial charge is 0.165 e. The Morgan fingerprint density at radius 2 is 1.37 bits per heavy atom. The van der Waals surface area contributed by atoms with Crippen LogP contribution in [0, 0.1) is 5.92 Å². The van der Waals surface area contributed by atoms with Crippen molar-refractivity contribution in [3.63, 3.8) is 0 Å². The fraction of sp³-hybridized carbons (Fsp3) is 0.379. The first-order valence-corrected chi connectivity index (χ1v) is 12.2. The topological polar surface area (TPSA) is 58.2 Å². The lowest BCUT2D eigenvalue weighted by Gasteiger charge is -2.34. The van der Waals surface area contributed by atoms with E-state index >= 15 is 0 Å². The SMILES string of the molecule is CO[C@@H]1O[C@@]2(COCc3ccccc3)C[C@@H](NOCc3ccccc3)[C@@H]1[C@@H]2OCc1ccccc1. The van der Waals surface area contributed by atoms with Crippen molar-refractivity contribution in [2.45, 2.75) is 50.3 Å². The van der Waals surface area contributed by atoms with Crippen molar-refractivity contribution in [2.24, 2.45) is 5.92 Å². The summed E-state index contributed by atoms with van der Waals surface area (Å²) < 4.78 is 24.9. The van der Waals surface area contributed by atoms with Crippen LogP contribution in [0.3, 0.4) is 0 Å². The van der Waals surface area contributed by atoms with Gasteiger partial charge in [0, 0.05) is 13.2 Å². The van der Waals surface area contributed by atoms with Gasteiger partial charge in [0.25, 0.3) is 0 Å². The number of fused-ring (bicyclic) bond motifs is 2. The lowest BCUT2D eigenvalue weighted by Crippen LogP contribution is -2.47. The summed E-state index contributed by atoms with van der Waals surface area (Å²) in [5, 5.41) is 0. The number of nitrogens with one attached hydrogen (secondary N) is 1. The highest BCUT2D eigenvalue weighted by molar-refractivity contribution is 5.17. The predicted octanol–water partition coefficient (Wildman–Crippen LogP) is 4.64. The average molecular weight is 476 g/mol. The molecule has 1 saturated heterocycles. The number of hydrogen-bond acceptors (Lipinski definition) is 6. The van der Waals surface area contributed by atoms with E-state index < -0.39 is 11.9 Å². The molecule has 6 nitrogen and oxygen atoms in total. The van der Waals surface area contributed by atoms with Gasteiger partial charge in [-0.15, -0.1) is 0 Å². The number of methoxy groups -OCH3 is 1. The van der Waals surface area contributed by atoms with Crippen LogP contribution >= 0.6 is 0 Å². The highest BCUT2D eigenvalue weighted by atomic mass is 16.7. The van der Waals surface area contributed by atoms with Gasteiger partial charge in [0.1, 0.15) is 5.60 Å². The molecule has 5 rings (SSSR count). The summed E-state index contributed by atoms with van der Waals surface area (Å²) in [5.74, 6) is -0.0280. The average Bonchev–Trinajstić information content (AvgIpc) is 3.37. The maximum Gasteiger partial charge on any atom is 0.165 e. The first-order chi connectivity index (χ1) is 17.3. The largest absolute Gasteiger partial charge is 0.374 e. The van der Waals surface area contributed by atoms with E-state index in [9.17, 15) is 0 Å². The van der Waals surface area contributed by atoms with Crippen LogP contribution in [0.1, 0.15) is 23.1 Å². The summed E-state index contributed by atoms with van der Waals surface area (Å²) in [7, 11) is 1.68. The number of hydroxylamine groups is 1. The summed E-state index contributed by atoms with van der Waals surface area (Å²) in [4.78, 5) is 5.92. The van der Waals surface area contributed by atoms with E-state index in [1.165, 1.54) is 0 Å². The minimum Gasteiger partial charge on any atom is -0.374 e. The van der Waals surface area contributed by atoms with Crippen molar-refractivity contribution in [3.8, 4) is 0 Å². The van der Waals surface area contributed by atoms with Crippen molar-refractivity contribution in [1.82, 2.24) is 5.48 Å². The number of ether oxygens (including phenoxy) is 4. The summed E-state index contributed by atoms with van der Waals surface area (Å²) in [6.07, 6.45) is 0.115. The Kier molecular flexibility index (Phi) is 7.88. The van der Waals surface area contributed by atoms with Gasteiger partial charge >= 0.3 is 0 Å². The van der Waals surface area contributed by atoms with Gasteiger partial charge in [-0.3, -0.25) is 4.84 Å². The van der Waals surface area contributed by atoms with E-state index in [0.29, 0.717) is 32.8 Å². The molecule has 0 amide bonds. The fourth-order valence-electron chi connectivity index (χ4n) is 5.19. The van der Waals surface area contributed by atoms with Crippen molar-refractivity contribution < 1.29 is 23.8 Å². The van der Waals surface area contributed by atoms with E-state index in [2.05, 4.69) is 29.7 Å². The van der Waals surface area contributed by atoms with Crippen LogP contribution in [0.15, 0.2) is 91.0 Å². The summed E-state index contributed by atoms with van der Waals surface area (Å²) >= 11 is 0. The number of benzene rings is 3. The van der Waals surface area contributed by atoms with Crippen molar-refractivity contribution in [1.29, 1.82) is 0 Å². The molecule has 1 N–H and O–H groups in total. The van der Waals surface area contributed by atoms with Crippen LogP contribution in [0.4, 0.5) is 0 Å². The van der Waals surface area contributed by atoms with Crippen LogP contribution in [0.25, 0.3) is 0 Å². The Bertz CT molecular complexity index is 1030. The molecule has 2 fully saturated rings. The molecule has 3 aromatic rings. The molecule has 0 radical (unpaired) electrons. The summed E-state index contributed by atoms with van der Waals surface area (Å²) in [6.45, 7) is 1.91. The van der Waals surface area contributed by atoms with E-state index in [0.717, 1.165) is 16.7 Å². The first kappa shape index (κ1) is 24.1. The maximum atomic E-state index is 6.53. The van der Waals surface area contributed by atoms with E-state index in [-0.39, 0.29) is 18.1 Å². The van der Waals surface area contributed by atoms with Gasteiger partial charge < -0.3 is 18.9 Å². The molecule has 1 heterocycles. The molecule has 1 aliphatic carbocycles. The van der Waals surface area contributed by atoms with E-state index in [1.807, 2.05) is 66.7 Å². The maximum absolute atomic E-state index is 6.53. The third-order valence-electron chi connectivity index (χ3n) is 6.84. The molecule has 0 spiro atoms. The highest BCUT2D eigenvalue weighted by Gasteiger charge is 2.65. The predicted molar refractivity (Wildman–Crippen MR) is 132 cm³/mol. The zero-order chi connectivity index (χ0) is 23.9. The molecule has 0 unspecified atom stereocenters. The van der Waals surface area contributed by atoms with E-state index in [4.69, 9.17) is 23.8 Å². The molecule has 2 aliphatic rings. The molecule has 0 aromatic heterocycles. The van der Waals surface area contributed by atoms with Gasteiger partial charge in [0.2, 0.25) is 0 Å². The minimum atomic E-state index is -0.622. The third-order valence-corrected chi connectivity index (χ3v) is 6.84. The quantitative estimate of drug-likeness (QED) is 0.385. The van der Waals surface area contributed by atoms with Gasteiger partial charge in [-0.1, -0.05) is 91.0 Å². The van der Waals surface area contributed by atoms with Crippen LogP contribution in [0.2, 0.25) is 0 Å². The normalized spacial score (nSPS) is 27.3. The Hall–Kier alpha value is -2.58. The lowest BCUT2D eigenvalue weighted by molar-refractivity contribution is -0.220. The molecule has 35 heavy (non-hydrogen) atoms. The fourth-order valence-corrected chi connectivity index (χ4v) is 5.19. The molecule has 3 aromatic carbocycles. The third kappa shape index (κ3) is 5.64. The lowest BCUT2D eigenvalue weighted by atomic mass is 10.00. The Morgan fingerprint density at radius 1 is 0.800 bits per heavy atom. The zero-order valence-corrected chi connectivity index (χ0v) is 20.0. The van der Waals surface area contributed by atoms with Crippen molar-refractivity contribution in [3.05, 3.63) is 108 Å². The minimum absolute atomic E-state index is 0.0125. The van der Waals surface area contributed by atoms with Crippen LogP contribution in [0.5, 0.6) is 0 Å². The van der Waals surface area contributed by atoms with E-state index in [1.54, 1.807) is 7.11 Å². The van der Waals surface area contributed by atoms with Gasteiger partial charge in [0.15, 0.2) is 6.29 Å². The standard InChI is InChI=1S/C29H33NO5/c1-31-28-26-25(30-34-20-24-15-9-4-10-16-24)17-29(35-28,21-32-18-22-11-5-2-6-12-22)27(26)33-19-23-13-7-3-8-14-23/h2-16,25-28,30H,17-21H2,1H3/t25-,26-,27+,28-,29-/m1/s1. The molecule has 2 bridgehead atoms. The molecular formula is C29H33NO5. The summed E-state index contributed by atoms with van der Waals surface area (Å²) in [5.41, 5.74) is 6.03. The molecule has 184 valence electrons.